The third kappa shape index (κ3) is 114. The molecule has 0 atom stereocenters. The van der Waals surface area contributed by atoms with E-state index in [1.54, 1.807) is 13.0 Å². The topological polar surface area (TPSA) is 52.3 Å². The van der Waals surface area contributed by atoms with Crippen molar-refractivity contribution in [1.29, 1.82) is 0 Å². The second kappa shape index (κ2) is 23.1. The zero-order valence-corrected chi connectivity index (χ0v) is 7.26. The summed E-state index contributed by atoms with van der Waals surface area (Å²) in [7, 11) is 0.500. The number of carbonyl (C=O) groups excluding carboxylic acids is 1. The zero-order valence-electron chi connectivity index (χ0n) is 7.26. The molecule has 11 heavy (non-hydrogen) atoms. The smallest absolute Gasteiger partial charge is 0.404 e. The van der Waals surface area contributed by atoms with Crippen LogP contribution in [0.4, 0.5) is 9.18 Å². The van der Waals surface area contributed by atoms with E-state index in [2.05, 4.69) is 17.0 Å². The van der Waals surface area contributed by atoms with E-state index in [9.17, 15) is 9.18 Å². The van der Waals surface area contributed by atoms with Crippen molar-refractivity contribution >= 4 is 6.09 Å². The minimum atomic E-state index is -0.711. The van der Waals surface area contributed by atoms with E-state index >= 15 is 0 Å². The fraction of sp³-hybridized carbons (Fsp3) is 0.571. The molecule has 0 bridgehead atoms. The van der Waals surface area contributed by atoms with Gasteiger partial charge in [-0.25, -0.2) is 4.79 Å². The normalized spacial score (nSPS) is 5.82. The number of nitrogens with two attached hydrogens (primary N) is 1. The minimum Gasteiger partial charge on any atom is -0.450 e. The molecule has 0 aliphatic carbocycles. The Morgan fingerprint density at radius 3 is 2.00 bits per heavy atom. The standard InChI is InChI=1S/C3H7NO2.C3H6.CH3F/c1-2-6-3(4)5;1-3-2;1-2/h2H2,1H3,(H2,4,5);3H,1H2,2H3;1H3. The van der Waals surface area contributed by atoms with E-state index < -0.39 is 6.09 Å². The average Bonchev–Trinajstić information content (AvgIpc) is 1.93. The quantitative estimate of drug-likeness (QED) is 0.603. The van der Waals surface area contributed by atoms with Gasteiger partial charge in [0.1, 0.15) is 0 Å². The number of hydrogen-bond acceptors (Lipinski definition) is 2. The van der Waals surface area contributed by atoms with Crippen LogP contribution >= 0.6 is 0 Å². The summed E-state index contributed by atoms with van der Waals surface area (Å²) in [6, 6.07) is 0. The first-order valence-electron chi connectivity index (χ1n) is 3.06. The van der Waals surface area contributed by atoms with Crippen molar-refractivity contribution in [3.05, 3.63) is 12.7 Å². The van der Waals surface area contributed by atoms with Gasteiger partial charge in [-0.3, -0.25) is 4.39 Å². The number of halogens is 1. The molecule has 4 heteroatoms. The Bertz CT molecular complexity index is 86.5. The van der Waals surface area contributed by atoms with Gasteiger partial charge in [-0.1, -0.05) is 6.08 Å². The Hall–Kier alpha value is -1.06. The Morgan fingerprint density at radius 2 is 2.00 bits per heavy atom. The molecule has 68 valence electrons. The van der Waals surface area contributed by atoms with Gasteiger partial charge in [0.2, 0.25) is 0 Å². The molecule has 3 nitrogen and oxygen atoms in total. The number of alkyl halides is 1. The van der Waals surface area contributed by atoms with Gasteiger partial charge in [0, 0.05) is 0 Å². The number of rotatable bonds is 1. The van der Waals surface area contributed by atoms with E-state index in [0.29, 0.717) is 13.8 Å². The van der Waals surface area contributed by atoms with Gasteiger partial charge in [0.15, 0.2) is 0 Å². The molecule has 0 rings (SSSR count). The molecular formula is C7H16FNO2. The van der Waals surface area contributed by atoms with Gasteiger partial charge in [-0.15, -0.1) is 6.58 Å². The van der Waals surface area contributed by atoms with Crippen LogP contribution in [0.5, 0.6) is 0 Å². The predicted molar refractivity (Wildman–Crippen MR) is 44.1 cm³/mol. The highest BCUT2D eigenvalue weighted by atomic mass is 19.1. The average molecular weight is 165 g/mol. The van der Waals surface area contributed by atoms with Crippen molar-refractivity contribution in [3.63, 3.8) is 0 Å². The summed E-state index contributed by atoms with van der Waals surface area (Å²) < 4.78 is 13.7. The molecule has 0 aliphatic heterocycles. The Labute approximate surface area is 67.0 Å². The number of carbonyl (C=O) groups is 1. The highest BCUT2D eigenvalue weighted by molar-refractivity contribution is 5.64. The Morgan fingerprint density at radius 1 is 1.73 bits per heavy atom. The van der Waals surface area contributed by atoms with Crippen molar-refractivity contribution in [1.82, 2.24) is 0 Å². The van der Waals surface area contributed by atoms with Crippen LogP contribution in [0.25, 0.3) is 0 Å². The van der Waals surface area contributed by atoms with Crippen molar-refractivity contribution in [2.24, 2.45) is 5.73 Å². The largest absolute Gasteiger partial charge is 0.450 e. The molecule has 2 N–H and O–H groups in total. The van der Waals surface area contributed by atoms with E-state index in [-0.39, 0.29) is 0 Å². The summed E-state index contributed by atoms with van der Waals surface area (Å²) >= 11 is 0. The third-order valence-corrected chi connectivity index (χ3v) is 0.287. The molecule has 0 aliphatic rings. The first-order chi connectivity index (χ1) is 5.18. The van der Waals surface area contributed by atoms with Crippen molar-refractivity contribution in [2.75, 3.05) is 13.8 Å². The molecule has 0 aromatic carbocycles. The van der Waals surface area contributed by atoms with Crippen LogP contribution in [0.3, 0.4) is 0 Å². The monoisotopic (exact) mass is 165 g/mol. The molecule has 0 aromatic rings. The molecule has 0 saturated carbocycles. The molecule has 0 radical (unpaired) electrons. The number of amides is 1. The molecular weight excluding hydrogens is 149 g/mol. The van der Waals surface area contributed by atoms with Gasteiger partial charge < -0.3 is 10.5 Å². The summed E-state index contributed by atoms with van der Waals surface area (Å²) in [5, 5.41) is 0. The number of ether oxygens (including phenoxy) is 1. The highest BCUT2D eigenvalue weighted by Crippen LogP contribution is 1.66. The van der Waals surface area contributed by atoms with Crippen LogP contribution in [0.2, 0.25) is 0 Å². The highest BCUT2D eigenvalue weighted by Gasteiger charge is 1.82. The predicted octanol–water partition coefficient (Wildman–Crippen LogP) is 1.88. The lowest BCUT2D eigenvalue weighted by atomic mass is 10.8. The molecule has 0 unspecified atom stereocenters. The number of allylic oxidation sites excluding steroid dienone is 1. The Kier molecular flexibility index (Phi) is 34.6. The first-order valence-corrected chi connectivity index (χ1v) is 3.06. The lowest BCUT2D eigenvalue weighted by Crippen LogP contribution is -2.11. The summed E-state index contributed by atoms with van der Waals surface area (Å²) in [5.74, 6) is 0. The fourth-order valence-electron chi connectivity index (χ4n) is 0.142. The van der Waals surface area contributed by atoms with Crippen LogP contribution < -0.4 is 5.73 Å². The van der Waals surface area contributed by atoms with Gasteiger partial charge in [0.25, 0.3) is 0 Å². The second-order valence-corrected chi connectivity index (χ2v) is 1.16. The summed E-state index contributed by atoms with van der Waals surface area (Å²) in [5.41, 5.74) is 4.54. The maximum Gasteiger partial charge on any atom is 0.404 e. The second-order valence-electron chi connectivity index (χ2n) is 1.16. The van der Waals surface area contributed by atoms with Gasteiger partial charge in [-0.05, 0) is 13.8 Å². The minimum absolute atomic E-state index is 0.356. The third-order valence-electron chi connectivity index (χ3n) is 0.287. The van der Waals surface area contributed by atoms with Crippen LogP contribution in [0, 0.1) is 0 Å². The van der Waals surface area contributed by atoms with Gasteiger partial charge in [-0.2, -0.15) is 0 Å². The first kappa shape index (κ1) is 16.5. The van der Waals surface area contributed by atoms with Crippen LogP contribution in [0.15, 0.2) is 12.7 Å². The molecule has 0 fully saturated rings. The van der Waals surface area contributed by atoms with Crippen LogP contribution in [-0.2, 0) is 4.74 Å². The zero-order chi connectivity index (χ0) is 9.70. The lowest BCUT2D eigenvalue weighted by molar-refractivity contribution is 0.163. The molecule has 0 spiro atoms. The van der Waals surface area contributed by atoms with E-state index in [1.165, 1.54) is 0 Å². The fourth-order valence-corrected chi connectivity index (χ4v) is 0.142. The van der Waals surface area contributed by atoms with Crippen molar-refractivity contribution in [2.45, 2.75) is 13.8 Å². The van der Waals surface area contributed by atoms with E-state index in [0.717, 1.165) is 0 Å². The van der Waals surface area contributed by atoms with Crippen molar-refractivity contribution in [3.8, 4) is 0 Å². The van der Waals surface area contributed by atoms with Crippen LogP contribution in [0.1, 0.15) is 13.8 Å². The molecule has 1 amide bonds. The van der Waals surface area contributed by atoms with Crippen molar-refractivity contribution < 1.29 is 13.9 Å². The SMILES string of the molecule is C=CC.CCOC(N)=O.CF. The summed E-state index contributed by atoms with van der Waals surface area (Å²) in [6.07, 6.45) is 1.04. The molecule has 0 aromatic heterocycles. The summed E-state index contributed by atoms with van der Waals surface area (Å²) in [6.45, 7) is 7.31. The van der Waals surface area contributed by atoms with E-state index in [1.807, 2.05) is 6.92 Å². The van der Waals surface area contributed by atoms with Gasteiger partial charge >= 0.3 is 6.09 Å². The Balaban J connectivity index is -0.000000109. The lowest BCUT2D eigenvalue weighted by Gasteiger charge is -1.89. The molecule has 0 saturated heterocycles. The summed E-state index contributed by atoms with van der Waals surface area (Å²) in [4.78, 5) is 9.60. The van der Waals surface area contributed by atoms with Crippen LogP contribution in [-0.4, -0.2) is 19.9 Å². The number of primary amides is 1. The maximum absolute atomic E-state index is 9.60. The number of hydrogen-bond donors (Lipinski definition) is 1. The van der Waals surface area contributed by atoms with Gasteiger partial charge in [0.05, 0.1) is 13.8 Å². The maximum atomic E-state index is 9.60. The van der Waals surface area contributed by atoms with E-state index in [4.69, 9.17) is 0 Å². The molecule has 0 heterocycles.